The first kappa shape index (κ1) is 6.78. The summed E-state index contributed by atoms with van der Waals surface area (Å²) in [6.45, 7) is 1.89. The summed E-state index contributed by atoms with van der Waals surface area (Å²) in [7, 11) is 0. The molecule has 2 unspecified atom stereocenters. The predicted octanol–water partition coefficient (Wildman–Crippen LogP) is 0.448. The van der Waals surface area contributed by atoms with Gasteiger partial charge in [0.05, 0.1) is 12.2 Å². The Balaban J connectivity index is 2.56. The summed E-state index contributed by atoms with van der Waals surface area (Å²) in [6, 6.07) is 0. The fourth-order valence-electron chi connectivity index (χ4n) is 0.998. The average molecular weight is 128 g/mol. The molecule has 0 aromatic rings. The van der Waals surface area contributed by atoms with E-state index in [2.05, 4.69) is 0 Å². The van der Waals surface area contributed by atoms with Gasteiger partial charge in [-0.25, -0.2) is 0 Å². The van der Waals surface area contributed by atoms with Crippen LogP contribution in [0.1, 0.15) is 19.8 Å². The molecule has 2 heteroatoms. The standard InChI is InChI=1S/C7H12O2/c1-5-2-3-6(8)4-7(5)9/h2,6-9H,3-4H2,1H3. The Labute approximate surface area is 54.8 Å². The molecule has 0 saturated heterocycles. The highest BCUT2D eigenvalue weighted by atomic mass is 16.3. The molecule has 1 rings (SSSR count). The van der Waals surface area contributed by atoms with Gasteiger partial charge < -0.3 is 10.2 Å². The third kappa shape index (κ3) is 1.53. The maximum atomic E-state index is 9.12. The summed E-state index contributed by atoms with van der Waals surface area (Å²) in [4.78, 5) is 0. The van der Waals surface area contributed by atoms with E-state index in [-0.39, 0.29) is 6.10 Å². The lowest BCUT2D eigenvalue weighted by Crippen LogP contribution is -2.22. The van der Waals surface area contributed by atoms with Crippen molar-refractivity contribution in [2.45, 2.75) is 32.0 Å². The molecular formula is C7H12O2. The molecule has 0 fully saturated rings. The van der Waals surface area contributed by atoms with Crippen molar-refractivity contribution >= 4 is 0 Å². The van der Waals surface area contributed by atoms with Gasteiger partial charge in [0.25, 0.3) is 0 Å². The van der Waals surface area contributed by atoms with Crippen LogP contribution in [0.2, 0.25) is 0 Å². The zero-order valence-corrected chi connectivity index (χ0v) is 5.54. The second-order valence-corrected chi connectivity index (χ2v) is 2.59. The van der Waals surface area contributed by atoms with Gasteiger partial charge in [-0.1, -0.05) is 6.08 Å². The Morgan fingerprint density at radius 1 is 1.56 bits per heavy atom. The maximum absolute atomic E-state index is 9.12. The minimum absolute atomic E-state index is 0.330. The number of rotatable bonds is 0. The van der Waals surface area contributed by atoms with Crippen molar-refractivity contribution in [3.8, 4) is 0 Å². The number of hydrogen-bond acceptors (Lipinski definition) is 2. The minimum atomic E-state index is -0.409. The van der Waals surface area contributed by atoms with Crippen molar-refractivity contribution < 1.29 is 10.2 Å². The Morgan fingerprint density at radius 3 is 2.67 bits per heavy atom. The second kappa shape index (κ2) is 2.50. The van der Waals surface area contributed by atoms with Gasteiger partial charge in [0.1, 0.15) is 0 Å². The molecule has 0 aromatic carbocycles. The van der Waals surface area contributed by atoms with Crippen molar-refractivity contribution in [1.29, 1.82) is 0 Å². The van der Waals surface area contributed by atoms with Gasteiger partial charge in [0, 0.05) is 6.42 Å². The molecule has 9 heavy (non-hydrogen) atoms. The van der Waals surface area contributed by atoms with E-state index in [1.807, 2.05) is 13.0 Å². The molecule has 1 aliphatic carbocycles. The van der Waals surface area contributed by atoms with Gasteiger partial charge in [-0.3, -0.25) is 0 Å². The zero-order chi connectivity index (χ0) is 6.85. The van der Waals surface area contributed by atoms with Crippen LogP contribution >= 0.6 is 0 Å². The minimum Gasteiger partial charge on any atom is -0.393 e. The Morgan fingerprint density at radius 2 is 2.22 bits per heavy atom. The first-order chi connectivity index (χ1) is 4.20. The van der Waals surface area contributed by atoms with Gasteiger partial charge >= 0.3 is 0 Å². The molecule has 1 aliphatic rings. The Bertz CT molecular complexity index is 129. The maximum Gasteiger partial charge on any atom is 0.0772 e. The summed E-state index contributed by atoms with van der Waals surface area (Å²) < 4.78 is 0. The van der Waals surface area contributed by atoms with Crippen LogP contribution in [0, 0.1) is 0 Å². The van der Waals surface area contributed by atoms with Crippen molar-refractivity contribution in [2.75, 3.05) is 0 Å². The summed E-state index contributed by atoms with van der Waals surface area (Å²) in [5.74, 6) is 0. The Hall–Kier alpha value is -0.340. The highest BCUT2D eigenvalue weighted by molar-refractivity contribution is 5.09. The van der Waals surface area contributed by atoms with Crippen LogP contribution in [0.15, 0.2) is 11.6 Å². The molecule has 0 radical (unpaired) electrons. The van der Waals surface area contributed by atoms with E-state index in [4.69, 9.17) is 10.2 Å². The van der Waals surface area contributed by atoms with Crippen molar-refractivity contribution in [3.05, 3.63) is 11.6 Å². The molecule has 0 saturated carbocycles. The lowest BCUT2D eigenvalue weighted by Gasteiger charge is -2.20. The molecule has 2 nitrogen and oxygen atoms in total. The second-order valence-electron chi connectivity index (χ2n) is 2.59. The molecule has 0 aliphatic heterocycles. The highest BCUT2D eigenvalue weighted by Crippen LogP contribution is 2.17. The molecular weight excluding hydrogens is 116 g/mol. The van der Waals surface area contributed by atoms with E-state index < -0.39 is 6.10 Å². The monoisotopic (exact) mass is 128 g/mol. The van der Waals surface area contributed by atoms with E-state index in [0.29, 0.717) is 12.8 Å². The SMILES string of the molecule is CC1=CCC(O)CC1O. The van der Waals surface area contributed by atoms with Crippen LogP contribution in [0.5, 0.6) is 0 Å². The normalized spacial score (nSPS) is 36.1. The molecule has 52 valence electrons. The zero-order valence-electron chi connectivity index (χ0n) is 5.54. The average Bonchev–Trinajstić information content (AvgIpc) is 1.80. The molecule has 0 aromatic heterocycles. The summed E-state index contributed by atoms with van der Waals surface area (Å²) >= 11 is 0. The summed E-state index contributed by atoms with van der Waals surface area (Å²) in [5.41, 5.74) is 0.986. The van der Waals surface area contributed by atoms with Gasteiger partial charge in [-0.05, 0) is 18.9 Å². The van der Waals surface area contributed by atoms with Crippen LogP contribution in [0.3, 0.4) is 0 Å². The van der Waals surface area contributed by atoms with Gasteiger partial charge in [0.15, 0.2) is 0 Å². The van der Waals surface area contributed by atoms with Crippen LogP contribution in [0.25, 0.3) is 0 Å². The fourth-order valence-corrected chi connectivity index (χ4v) is 0.998. The lowest BCUT2D eigenvalue weighted by molar-refractivity contribution is 0.0905. The van der Waals surface area contributed by atoms with Crippen molar-refractivity contribution in [3.63, 3.8) is 0 Å². The number of aliphatic hydroxyl groups is 2. The van der Waals surface area contributed by atoms with E-state index in [0.717, 1.165) is 5.57 Å². The van der Waals surface area contributed by atoms with E-state index in [1.165, 1.54) is 0 Å². The van der Waals surface area contributed by atoms with Crippen LogP contribution in [-0.2, 0) is 0 Å². The third-order valence-corrected chi connectivity index (χ3v) is 1.73. The largest absolute Gasteiger partial charge is 0.393 e. The first-order valence-corrected chi connectivity index (χ1v) is 3.23. The van der Waals surface area contributed by atoms with Gasteiger partial charge in [-0.15, -0.1) is 0 Å². The van der Waals surface area contributed by atoms with E-state index in [9.17, 15) is 0 Å². The topological polar surface area (TPSA) is 40.5 Å². The fraction of sp³-hybridized carbons (Fsp3) is 0.714. The van der Waals surface area contributed by atoms with Crippen LogP contribution in [-0.4, -0.2) is 22.4 Å². The molecule has 2 atom stereocenters. The Kier molecular flexibility index (Phi) is 1.88. The van der Waals surface area contributed by atoms with Crippen LogP contribution < -0.4 is 0 Å². The number of aliphatic hydroxyl groups excluding tert-OH is 2. The third-order valence-electron chi connectivity index (χ3n) is 1.73. The van der Waals surface area contributed by atoms with Crippen LogP contribution in [0.4, 0.5) is 0 Å². The smallest absolute Gasteiger partial charge is 0.0772 e. The highest BCUT2D eigenvalue weighted by Gasteiger charge is 2.16. The van der Waals surface area contributed by atoms with Gasteiger partial charge in [0.2, 0.25) is 0 Å². The molecule has 2 N–H and O–H groups in total. The molecule has 0 heterocycles. The molecule has 0 bridgehead atoms. The van der Waals surface area contributed by atoms with Crippen molar-refractivity contribution in [2.24, 2.45) is 0 Å². The van der Waals surface area contributed by atoms with Gasteiger partial charge in [-0.2, -0.15) is 0 Å². The molecule has 0 spiro atoms. The number of hydrogen-bond donors (Lipinski definition) is 2. The lowest BCUT2D eigenvalue weighted by atomic mass is 9.96. The van der Waals surface area contributed by atoms with Crippen molar-refractivity contribution in [1.82, 2.24) is 0 Å². The summed E-state index contributed by atoms with van der Waals surface area (Å²) in [6.07, 6.45) is 2.35. The van der Waals surface area contributed by atoms with E-state index >= 15 is 0 Å². The quantitative estimate of drug-likeness (QED) is 0.465. The van der Waals surface area contributed by atoms with E-state index in [1.54, 1.807) is 0 Å². The first-order valence-electron chi connectivity index (χ1n) is 3.23. The molecule has 0 amide bonds. The summed E-state index contributed by atoms with van der Waals surface area (Å²) in [5, 5.41) is 18.1. The predicted molar refractivity (Wildman–Crippen MR) is 35.0 cm³/mol.